The second-order valence-electron chi connectivity index (χ2n) is 5.80. The normalized spacial score (nSPS) is 17.0. The van der Waals surface area contributed by atoms with Crippen LogP contribution in [0.2, 0.25) is 0 Å². The van der Waals surface area contributed by atoms with Crippen LogP contribution in [0.3, 0.4) is 0 Å². The van der Waals surface area contributed by atoms with E-state index >= 15 is 0 Å². The first-order valence-corrected chi connectivity index (χ1v) is 8.90. The zero-order valence-electron chi connectivity index (χ0n) is 13.2. The molecule has 126 valence electrons. The van der Waals surface area contributed by atoms with Gasteiger partial charge in [-0.2, -0.15) is 0 Å². The Morgan fingerprint density at radius 1 is 1.25 bits per heavy atom. The lowest BCUT2D eigenvalue weighted by atomic mass is 10.1. The maximum atomic E-state index is 12.9. The van der Waals surface area contributed by atoms with E-state index in [1.165, 1.54) is 23.5 Å². The summed E-state index contributed by atoms with van der Waals surface area (Å²) in [6.45, 7) is 1.09. The maximum Gasteiger partial charge on any atom is 0.264 e. The van der Waals surface area contributed by atoms with E-state index in [1.807, 2.05) is 11.4 Å². The molecule has 0 radical (unpaired) electrons. The van der Waals surface area contributed by atoms with E-state index in [-0.39, 0.29) is 17.6 Å². The van der Waals surface area contributed by atoms with Gasteiger partial charge in [0.1, 0.15) is 11.9 Å². The van der Waals surface area contributed by atoms with Gasteiger partial charge >= 0.3 is 0 Å². The van der Waals surface area contributed by atoms with Crippen molar-refractivity contribution in [1.82, 2.24) is 10.2 Å². The molecule has 3 rings (SSSR count). The predicted molar refractivity (Wildman–Crippen MR) is 91.5 cm³/mol. The fraction of sp³-hybridized carbons (Fsp3) is 0.333. The van der Waals surface area contributed by atoms with E-state index in [2.05, 4.69) is 5.32 Å². The van der Waals surface area contributed by atoms with Crippen molar-refractivity contribution in [2.75, 3.05) is 13.1 Å². The van der Waals surface area contributed by atoms with Gasteiger partial charge in [0, 0.05) is 13.1 Å². The van der Waals surface area contributed by atoms with Crippen LogP contribution in [0.25, 0.3) is 0 Å². The molecule has 1 unspecified atom stereocenters. The Balaban J connectivity index is 1.54. The quantitative estimate of drug-likeness (QED) is 0.905. The number of nitrogens with zero attached hydrogens (tertiary/aromatic N) is 1. The average molecular weight is 346 g/mol. The van der Waals surface area contributed by atoms with Crippen molar-refractivity contribution < 1.29 is 14.0 Å². The van der Waals surface area contributed by atoms with Gasteiger partial charge in [-0.05, 0) is 48.4 Å². The van der Waals surface area contributed by atoms with Crippen molar-refractivity contribution in [2.24, 2.45) is 0 Å². The highest BCUT2D eigenvalue weighted by molar-refractivity contribution is 7.12. The number of halogens is 1. The molecule has 1 saturated heterocycles. The first-order chi connectivity index (χ1) is 11.6. The summed E-state index contributed by atoms with van der Waals surface area (Å²) in [7, 11) is 0. The molecule has 1 aliphatic heterocycles. The van der Waals surface area contributed by atoms with E-state index in [0.29, 0.717) is 30.8 Å². The molecule has 0 bridgehead atoms. The molecule has 0 aliphatic carbocycles. The van der Waals surface area contributed by atoms with Crippen molar-refractivity contribution in [3.8, 4) is 0 Å². The third kappa shape index (κ3) is 3.82. The van der Waals surface area contributed by atoms with Crippen LogP contribution in [-0.2, 0) is 11.2 Å². The molecule has 2 amide bonds. The molecule has 0 saturated carbocycles. The van der Waals surface area contributed by atoms with Crippen molar-refractivity contribution in [2.45, 2.75) is 25.3 Å². The lowest BCUT2D eigenvalue weighted by molar-refractivity contribution is -0.124. The van der Waals surface area contributed by atoms with E-state index in [4.69, 9.17) is 0 Å². The molecular formula is C18H19FN2O2S. The van der Waals surface area contributed by atoms with Gasteiger partial charge in [0.05, 0.1) is 4.88 Å². The smallest absolute Gasteiger partial charge is 0.264 e. The van der Waals surface area contributed by atoms with Crippen LogP contribution in [0.5, 0.6) is 0 Å². The second kappa shape index (κ2) is 7.57. The van der Waals surface area contributed by atoms with Crippen molar-refractivity contribution in [3.05, 3.63) is 58.0 Å². The molecular weight excluding hydrogens is 327 g/mol. The van der Waals surface area contributed by atoms with Gasteiger partial charge in [-0.3, -0.25) is 9.59 Å². The summed E-state index contributed by atoms with van der Waals surface area (Å²) < 4.78 is 12.9. The third-order valence-electron chi connectivity index (χ3n) is 4.17. The van der Waals surface area contributed by atoms with Gasteiger partial charge in [-0.25, -0.2) is 4.39 Å². The number of nitrogens with one attached hydrogen (secondary N) is 1. The summed E-state index contributed by atoms with van der Waals surface area (Å²) in [5.41, 5.74) is 0.967. The Morgan fingerprint density at radius 3 is 2.75 bits per heavy atom. The number of thiophene rings is 1. The van der Waals surface area contributed by atoms with Gasteiger partial charge < -0.3 is 10.2 Å². The lowest BCUT2D eigenvalue weighted by Gasteiger charge is -2.23. The summed E-state index contributed by atoms with van der Waals surface area (Å²) in [6.07, 6.45) is 2.17. The summed E-state index contributed by atoms with van der Waals surface area (Å²) in [5.74, 6) is -0.447. The molecule has 1 aliphatic rings. The maximum absolute atomic E-state index is 12.9. The molecule has 4 nitrogen and oxygen atoms in total. The minimum atomic E-state index is -0.396. The average Bonchev–Trinajstić information content (AvgIpc) is 3.27. The fourth-order valence-corrected chi connectivity index (χ4v) is 3.60. The second-order valence-corrected chi connectivity index (χ2v) is 6.75. The monoisotopic (exact) mass is 346 g/mol. The Kier molecular flexibility index (Phi) is 5.25. The molecule has 1 atom stereocenters. The Labute approximate surface area is 144 Å². The number of hydrogen-bond acceptors (Lipinski definition) is 3. The molecule has 1 N–H and O–H groups in total. The first-order valence-electron chi connectivity index (χ1n) is 8.02. The predicted octanol–water partition coefficient (Wildman–Crippen LogP) is 2.85. The molecule has 24 heavy (non-hydrogen) atoms. The van der Waals surface area contributed by atoms with Crippen LogP contribution in [0.15, 0.2) is 41.8 Å². The van der Waals surface area contributed by atoms with Crippen LogP contribution in [-0.4, -0.2) is 35.8 Å². The minimum Gasteiger partial charge on any atom is -0.354 e. The standard InChI is InChI=1S/C18H19FN2O2S/c19-14-7-5-13(6-8-14)9-10-20-17(22)15-3-1-11-21(15)18(23)16-4-2-12-24-16/h2,4-8,12,15H,1,3,9-11H2,(H,20,22). The van der Waals surface area contributed by atoms with Gasteiger partial charge in [0.15, 0.2) is 0 Å². The van der Waals surface area contributed by atoms with Gasteiger partial charge in [-0.15, -0.1) is 11.3 Å². The highest BCUT2D eigenvalue weighted by Crippen LogP contribution is 2.22. The molecule has 1 aromatic heterocycles. The van der Waals surface area contributed by atoms with E-state index < -0.39 is 6.04 Å². The Bertz CT molecular complexity index is 700. The number of carbonyl (C=O) groups excluding carboxylic acids is 2. The summed E-state index contributed by atoms with van der Waals surface area (Å²) in [4.78, 5) is 27.2. The number of rotatable bonds is 5. The van der Waals surface area contributed by atoms with Crippen LogP contribution in [0.1, 0.15) is 28.1 Å². The van der Waals surface area contributed by atoms with E-state index in [1.54, 1.807) is 23.1 Å². The zero-order valence-corrected chi connectivity index (χ0v) is 14.0. The molecule has 2 heterocycles. The highest BCUT2D eigenvalue weighted by atomic mass is 32.1. The van der Waals surface area contributed by atoms with Crippen molar-refractivity contribution >= 4 is 23.2 Å². The SMILES string of the molecule is O=C(NCCc1ccc(F)cc1)C1CCCN1C(=O)c1cccs1. The number of benzene rings is 1. The summed E-state index contributed by atoms with van der Waals surface area (Å²) >= 11 is 1.39. The van der Waals surface area contributed by atoms with Gasteiger partial charge in [-0.1, -0.05) is 18.2 Å². The van der Waals surface area contributed by atoms with E-state index in [0.717, 1.165) is 12.0 Å². The van der Waals surface area contributed by atoms with Crippen molar-refractivity contribution in [1.29, 1.82) is 0 Å². The highest BCUT2D eigenvalue weighted by Gasteiger charge is 2.34. The Morgan fingerprint density at radius 2 is 2.04 bits per heavy atom. The lowest BCUT2D eigenvalue weighted by Crippen LogP contribution is -2.46. The van der Waals surface area contributed by atoms with Crippen molar-refractivity contribution in [3.63, 3.8) is 0 Å². The topological polar surface area (TPSA) is 49.4 Å². The van der Waals surface area contributed by atoms with Crippen LogP contribution < -0.4 is 5.32 Å². The van der Waals surface area contributed by atoms with Crippen LogP contribution >= 0.6 is 11.3 Å². The van der Waals surface area contributed by atoms with Gasteiger partial charge in [0.2, 0.25) is 5.91 Å². The number of hydrogen-bond donors (Lipinski definition) is 1. The zero-order chi connectivity index (χ0) is 16.9. The first kappa shape index (κ1) is 16.6. The van der Waals surface area contributed by atoms with Gasteiger partial charge in [0.25, 0.3) is 5.91 Å². The minimum absolute atomic E-state index is 0.0683. The molecule has 2 aromatic rings. The molecule has 6 heteroatoms. The molecule has 1 fully saturated rings. The van der Waals surface area contributed by atoms with Crippen LogP contribution in [0.4, 0.5) is 4.39 Å². The van der Waals surface area contributed by atoms with E-state index in [9.17, 15) is 14.0 Å². The number of amides is 2. The number of likely N-dealkylation sites (tertiary alicyclic amines) is 1. The van der Waals surface area contributed by atoms with Crippen LogP contribution in [0, 0.1) is 5.82 Å². The molecule has 0 spiro atoms. The third-order valence-corrected chi connectivity index (χ3v) is 5.03. The fourth-order valence-electron chi connectivity index (χ4n) is 2.92. The number of carbonyl (C=O) groups is 2. The molecule has 1 aromatic carbocycles. The summed E-state index contributed by atoms with van der Waals surface area (Å²) in [6, 6.07) is 9.48. The largest absolute Gasteiger partial charge is 0.354 e. The Hall–Kier alpha value is -2.21. The summed E-state index contributed by atoms with van der Waals surface area (Å²) in [5, 5.41) is 4.76.